The Kier molecular flexibility index (Phi) is 7.97. The van der Waals surface area contributed by atoms with Crippen molar-refractivity contribution in [2.75, 3.05) is 38.0 Å². The Morgan fingerprint density at radius 1 is 1.02 bits per heavy atom. The van der Waals surface area contributed by atoms with Crippen molar-refractivity contribution in [2.24, 2.45) is 5.73 Å². The van der Waals surface area contributed by atoms with E-state index >= 15 is 0 Å². The van der Waals surface area contributed by atoms with Gasteiger partial charge < -0.3 is 15.4 Å². The van der Waals surface area contributed by atoms with Gasteiger partial charge in [0.15, 0.2) is 0 Å². The van der Waals surface area contributed by atoms with Crippen molar-refractivity contribution in [2.45, 2.75) is 18.0 Å². The van der Waals surface area contributed by atoms with Gasteiger partial charge in [0.25, 0.3) is 15.9 Å². The number of piperazine rings is 1. The van der Waals surface area contributed by atoms with Crippen LogP contribution < -0.4 is 15.2 Å². The topological polar surface area (TPSA) is 118 Å². The van der Waals surface area contributed by atoms with Gasteiger partial charge in [0.1, 0.15) is 16.5 Å². The van der Waals surface area contributed by atoms with E-state index in [0.717, 1.165) is 0 Å². The van der Waals surface area contributed by atoms with Crippen molar-refractivity contribution in [1.82, 2.24) is 14.8 Å². The molecular weight excluding hydrogens is 533 g/mol. The Balaban J connectivity index is 1.26. The van der Waals surface area contributed by atoms with Gasteiger partial charge in [-0.2, -0.15) is 0 Å². The summed E-state index contributed by atoms with van der Waals surface area (Å²) in [7, 11) is -2.47. The van der Waals surface area contributed by atoms with Gasteiger partial charge in [0, 0.05) is 68.0 Å². The second-order valence-corrected chi connectivity index (χ2v) is 11.2. The number of carbonyl (C=O) groups is 1. The van der Waals surface area contributed by atoms with Gasteiger partial charge in [-0.05, 0) is 42.0 Å². The number of fused-ring (bicyclic) bond motifs is 1. The van der Waals surface area contributed by atoms with Crippen LogP contribution in [0.15, 0.2) is 77.8 Å². The molecule has 4 aromatic rings. The van der Waals surface area contributed by atoms with Crippen LogP contribution in [0.25, 0.3) is 10.9 Å². The first-order valence-corrected chi connectivity index (χ1v) is 14.3. The lowest BCUT2D eigenvalue weighted by atomic mass is 10.1. The first-order valence-electron chi connectivity index (χ1n) is 12.8. The van der Waals surface area contributed by atoms with Crippen molar-refractivity contribution in [1.29, 1.82) is 0 Å². The second-order valence-electron chi connectivity index (χ2n) is 9.54. The Hall–Kier alpha value is -4.06. The Morgan fingerprint density at radius 2 is 1.80 bits per heavy atom. The minimum absolute atomic E-state index is 0.0357. The number of ether oxygens (including phenoxy) is 1. The standard InChI is InChI=1S/C29H30FN5O4S/c1-39-24-9-7-22(25(30)17-24)19-34-12-14-35(15-13-34)29(36)21-8-10-26(23(16-21)18-31)33-40(37,38)27-6-2-4-20-5-3-11-32-28(20)27/h2-11,16-17,33H,12-15,18-19,31H2,1H3. The fourth-order valence-corrected chi connectivity index (χ4v) is 6.09. The van der Waals surface area contributed by atoms with Gasteiger partial charge >= 0.3 is 0 Å². The monoisotopic (exact) mass is 563 g/mol. The van der Waals surface area contributed by atoms with Crippen LogP contribution >= 0.6 is 0 Å². The number of nitrogens with two attached hydrogens (primary N) is 1. The van der Waals surface area contributed by atoms with Gasteiger partial charge in [0.2, 0.25) is 0 Å². The molecule has 5 rings (SSSR count). The minimum atomic E-state index is -3.97. The third-order valence-corrected chi connectivity index (χ3v) is 8.41. The number of para-hydroxylation sites is 1. The van der Waals surface area contributed by atoms with Crippen molar-refractivity contribution in [3.8, 4) is 5.75 Å². The third kappa shape index (κ3) is 5.76. The highest BCUT2D eigenvalue weighted by molar-refractivity contribution is 7.93. The number of hydrogen-bond acceptors (Lipinski definition) is 7. The predicted molar refractivity (Wildman–Crippen MR) is 151 cm³/mol. The molecule has 1 amide bonds. The normalized spacial score (nSPS) is 14.3. The largest absolute Gasteiger partial charge is 0.497 e. The maximum absolute atomic E-state index is 14.4. The Bertz CT molecular complexity index is 1650. The molecule has 3 aromatic carbocycles. The molecule has 0 spiro atoms. The number of aromatic nitrogens is 1. The molecule has 1 aliphatic rings. The van der Waals surface area contributed by atoms with Crippen LogP contribution in [0, 0.1) is 5.82 Å². The quantitative estimate of drug-likeness (QED) is 0.336. The molecule has 0 radical (unpaired) electrons. The molecule has 0 unspecified atom stereocenters. The smallest absolute Gasteiger partial charge is 0.264 e. The summed E-state index contributed by atoms with van der Waals surface area (Å²) in [6, 6.07) is 18.1. The van der Waals surface area contributed by atoms with Crippen LogP contribution in [-0.2, 0) is 23.1 Å². The van der Waals surface area contributed by atoms with E-state index in [4.69, 9.17) is 10.5 Å². The molecule has 0 atom stereocenters. The molecule has 208 valence electrons. The van der Waals surface area contributed by atoms with E-state index in [9.17, 15) is 17.6 Å². The fraction of sp³-hybridized carbons (Fsp3) is 0.241. The average Bonchev–Trinajstić information content (AvgIpc) is 2.98. The molecule has 0 saturated carbocycles. The number of amides is 1. The molecule has 1 fully saturated rings. The van der Waals surface area contributed by atoms with Crippen molar-refractivity contribution in [3.63, 3.8) is 0 Å². The number of halogens is 1. The Morgan fingerprint density at radius 3 is 2.52 bits per heavy atom. The van der Waals surface area contributed by atoms with Crippen LogP contribution in [0.1, 0.15) is 21.5 Å². The SMILES string of the molecule is COc1ccc(CN2CCN(C(=O)c3ccc(NS(=O)(=O)c4cccc5cccnc45)c(CN)c3)CC2)c(F)c1. The number of rotatable bonds is 8. The lowest BCUT2D eigenvalue weighted by Crippen LogP contribution is -2.48. The summed E-state index contributed by atoms with van der Waals surface area (Å²) in [5, 5.41) is 0.708. The van der Waals surface area contributed by atoms with Gasteiger partial charge in [0.05, 0.1) is 18.3 Å². The lowest BCUT2D eigenvalue weighted by molar-refractivity contribution is 0.0627. The fourth-order valence-electron chi connectivity index (χ4n) is 4.80. The molecular formula is C29H30FN5O4S. The van der Waals surface area contributed by atoms with E-state index in [1.807, 2.05) is 0 Å². The van der Waals surface area contributed by atoms with Gasteiger partial charge in [-0.3, -0.25) is 19.4 Å². The first kappa shape index (κ1) is 27.5. The summed E-state index contributed by atoms with van der Waals surface area (Å²) in [5.41, 5.74) is 8.12. The number of nitrogens with one attached hydrogen (secondary N) is 1. The number of methoxy groups -OCH3 is 1. The Labute approximate surface area is 232 Å². The summed E-state index contributed by atoms with van der Waals surface area (Å²) in [6.45, 7) is 2.63. The number of benzene rings is 3. The van der Waals surface area contributed by atoms with Crippen LogP contribution in [0.2, 0.25) is 0 Å². The average molecular weight is 564 g/mol. The van der Waals surface area contributed by atoms with Gasteiger partial charge in [-0.15, -0.1) is 0 Å². The molecule has 2 heterocycles. The summed E-state index contributed by atoms with van der Waals surface area (Å²) in [6.07, 6.45) is 1.55. The summed E-state index contributed by atoms with van der Waals surface area (Å²) in [4.78, 5) is 21.4. The van der Waals surface area contributed by atoms with E-state index in [1.54, 1.807) is 65.7 Å². The predicted octanol–water partition coefficient (Wildman–Crippen LogP) is 3.60. The zero-order valence-electron chi connectivity index (χ0n) is 22.0. The highest BCUT2D eigenvalue weighted by Crippen LogP contribution is 2.26. The number of nitrogens with zero attached hydrogens (tertiary/aromatic N) is 3. The van der Waals surface area contributed by atoms with E-state index < -0.39 is 10.0 Å². The molecule has 3 N–H and O–H groups in total. The summed E-state index contributed by atoms with van der Waals surface area (Å²) in [5.74, 6) is -0.0184. The lowest BCUT2D eigenvalue weighted by Gasteiger charge is -2.35. The van der Waals surface area contributed by atoms with Crippen LogP contribution in [0.3, 0.4) is 0 Å². The molecule has 9 nitrogen and oxygen atoms in total. The third-order valence-electron chi connectivity index (χ3n) is 7.02. The molecule has 1 aromatic heterocycles. The zero-order valence-corrected chi connectivity index (χ0v) is 22.8. The van der Waals surface area contributed by atoms with E-state index in [0.29, 0.717) is 71.8 Å². The van der Waals surface area contributed by atoms with Gasteiger partial charge in [-0.25, -0.2) is 12.8 Å². The molecule has 40 heavy (non-hydrogen) atoms. The van der Waals surface area contributed by atoms with E-state index in [-0.39, 0.29) is 23.2 Å². The summed E-state index contributed by atoms with van der Waals surface area (Å²) < 4.78 is 48.6. The van der Waals surface area contributed by atoms with Crippen molar-refractivity contribution < 1.29 is 22.3 Å². The van der Waals surface area contributed by atoms with Gasteiger partial charge in [-0.1, -0.05) is 24.3 Å². The first-order chi connectivity index (χ1) is 19.3. The van der Waals surface area contributed by atoms with E-state index in [1.165, 1.54) is 19.2 Å². The number of hydrogen-bond donors (Lipinski definition) is 2. The maximum atomic E-state index is 14.4. The second kappa shape index (κ2) is 11.6. The highest BCUT2D eigenvalue weighted by atomic mass is 32.2. The van der Waals surface area contributed by atoms with Crippen LogP contribution in [-0.4, -0.2) is 62.4 Å². The number of anilines is 1. The molecule has 0 aliphatic carbocycles. The van der Waals surface area contributed by atoms with Crippen LogP contribution in [0.5, 0.6) is 5.75 Å². The number of pyridine rings is 1. The maximum Gasteiger partial charge on any atom is 0.264 e. The zero-order chi connectivity index (χ0) is 28.3. The number of carbonyl (C=O) groups excluding carboxylic acids is 1. The van der Waals surface area contributed by atoms with Crippen molar-refractivity contribution in [3.05, 3.63) is 95.4 Å². The molecule has 1 saturated heterocycles. The van der Waals surface area contributed by atoms with Crippen LogP contribution in [0.4, 0.5) is 10.1 Å². The molecule has 0 bridgehead atoms. The van der Waals surface area contributed by atoms with Crippen molar-refractivity contribution >= 4 is 32.5 Å². The highest BCUT2D eigenvalue weighted by Gasteiger charge is 2.25. The van der Waals surface area contributed by atoms with E-state index in [2.05, 4.69) is 14.6 Å². The minimum Gasteiger partial charge on any atom is -0.497 e. The molecule has 11 heteroatoms. The number of sulfonamides is 1. The molecule has 1 aliphatic heterocycles. The summed E-state index contributed by atoms with van der Waals surface area (Å²) >= 11 is 0.